The first-order valence-electron chi connectivity index (χ1n) is 4.89. The average Bonchev–Trinajstić information content (AvgIpc) is 3.01. The fourth-order valence-electron chi connectivity index (χ4n) is 1.58. The molecule has 17 heavy (non-hydrogen) atoms. The summed E-state index contributed by atoms with van der Waals surface area (Å²) < 4.78 is 5.49. The van der Waals surface area contributed by atoms with Crippen molar-refractivity contribution in [2.24, 2.45) is 0 Å². The van der Waals surface area contributed by atoms with E-state index in [0.29, 0.717) is 0 Å². The van der Waals surface area contributed by atoms with E-state index in [1.807, 2.05) is 35.7 Å². The summed E-state index contributed by atoms with van der Waals surface area (Å²) in [5, 5.41) is 2.89. The van der Waals surface area contributed by atoms with Crippen LogP contribution in [0.2, 0.25) is 0 Å². The molecule has 0 spiro atoms. The molecule has 3 rings (SSSR count). The molecule has 0 unspecified atom stereocenters. The molecule has 2 heterocycles. The SMILES string of the molecule is [Ir].[c-]1coc(-c2ccccc2)c1-c1nccs1. The third-order valence-corrected chi connectivity index (χ3v) is 3.08. The molecule has 0 bridgehead atoms. The summed E-state index contributed by atoms with van der Waals surface area (Å²) in [6.07, 6.45) is 3.37. The largest absolute Gasteiger partial charge is 0.535 e. The minimum atomic E-state index is 0. The Morgan fingerprint density at radius 2 is 2.00 bits per heavy atom. The predicted octanol–water partition coefficient (Wildman–Crippen LogP) is 3.87. The molecule has 87 valence electrons. The molecule has 0 N–H and O–H groups in total. The maximum Gasteiger partial charge on any atom is 0.0298 e. The second kappa shape index (κ2) is 5.41. The number of aromatic nitrogens is 1. The number of thiazole rings is 1. The molecule has 0 saturated carbocycles. The number of rotatable bonds is 2. The summed E-state index contributed by atoms with van der Waals surface area (Å²) in [6, 6.07) is 13.1. The van der Waals surface area contributed by atoms with Crippen LogP contribution in [-0.4, -0.2) is 4.98 Å². The minimum absolute atomic E-state index is 0. The van der Waals surface area contributed by atoms with Gasteiger partial charge in [-0.05, 0) is 10.9 Å². The van der Waals surface area contributed by atoms with Gasteiger partial charge in [0.05, 0.1) is 0 Å². The van der Waals surface area contributed by atoms with Crippen LogP contribution in [0.4, 0.5) is 0 Å². The van der Waals surface area contributed by atoms with Gasteiger partial charge in [-0.2, -0.15) is 11.3 Å². The predicted molar refractivity (Wildman–Crippen MR) is 64.1 cm³/mol. The Balaban J connectivity index is 0.00000108. The minimum Gasteiger partial charge on any atom is -0.535 e. The standard InChI is InChI=1S/C13H8NOS.Ir/c1-2-4-10(5-3-1)12-11(6-8-15-12)13-14-7-9-16-13;/h1-5,7-9H;/q-1;. The normalized spacial score (nSPS) is 9.88. The van der Waals surface area contributed by atoms with Gasteiger partial charge in [0.15, 0.2) is 0 Å². The second-order valence-corrected chi connectivity index (χ2v) is 4.18. The van der Waals surface area contributed by atoms with Gasteiger partial charge in [-0.15, -0.1) is 11.6 Å². The molecule has 1 radical (unpaired) electrons. The fourth-order valence-corrected chi connectivity index (χ4v) is 2.22. The monoisotopic (exact) mass is 419 g/mol. The molecule has 2 nitrogen and oxygen atoms in total. The van der Waals surface area contributed by atoms with E-state index in [0.717, 1.165) is 21.9 Å². The van der Waals surface area contributed by atoms with Crippen molar-refractivity contribution < 1.29 is 24.5 Å². The van der Waals surface area contributed by atoms with Crippen LogP contribution in [0.3, 0.4) is 0 Å². The van der Waals surface area contributed by atoms with Gasteiger partial charge < -0.3 is 9.40 Å². The molecule has 0 saturated heterocycles. The Bertz CT molecular complexity index is 575. The Morgan fingerprint density at radius 1 is 1.18 bits per heavy atom. The Kier molecular flexibility index (Phi) is 3.89. The number of benzene rings is 1. The molecule has 3 aromatic rings. The number of hydrogen-bond acceptors (Lipinski definition) is 3. The van der Waals surface area contributed by atoms with E-state index >= 15 is 0 Å². The zero-order chi connectivity index (χ0) is 10.8. The van der Waals surface area contributed by atoms with Gasteiger partial charge in [-0.3, -0.25) is 0 Å². The van der Waals surface area contributed by atoms with Crippen LogP contribution in [0.1, 0.15) is 0 Å². The third kappa shape index (κ3) is 2.39. The van der Waals surface area contributed by atoms with E-state index in [4.69, 9.17) is 4.42 Å². The summed E-state index contributed by atoms with van der Waals surface area (Å²) >= 11 is 1.59. The Labute approximate surface area is 117 Å². The van der Waals surface area contributed by atoms with E-state index in [1.165, 1.54) is 0 Å². The summed E-state index contributed by atoms with van der Waals surface area (Å²) in [7, 11) is 0. The molecule has 0 aliphatic carbocycles. The van der Waals surface area contributed by atoms with E-state index < -0.39 is 0 Å². The summed E-state index contributed by atoms with van der Waals surface area (Å²) in [4.78, 5) is 4.27. The van der Waals surface area contributed by atoms with Crippen molar-refractivity contribution in [2.75, 3.05) is 0 Å². The second-order valence-electron chi connectivity index (χ2n) is 3.29. The van der Waals surface area contributed by atoms with Crippen molar-refractivity contribution in [3.8, 4) is 21.9 Å². The Hall–Kier alpha value is -1.22. The van der Waals surface area contributed by atoms with E-state index in [1.54, 1.807) is 23.8 Å². The first-order valence-corrected chi connectivity index (χ1v) is 5.77. The molecule has 1 aromatic carbocycles. The smallest absolute Gasteiger partial charge is 0.0298 e. The number of nitrogens with zero attached hydrogens (tertiary/aromatic N) is 1. The average molecular weight is 418 g/mol. The van der Waals surface area contributed by atoms with Crippen molar-refractivity contribution in [1.29, 1.82) is 0 Å². The van der Waals surface area contributed by atoms with Crippen LogP contribution in [-0.2, 0) is 20.1 Å². The fraction of sp³-hybridized carbons (Fsp3) is 0. The summed E-state index contributed by atoms with van der Waals surface area (Å²) in [5.41, 5.74) is 1.98. The third-order valence-electron chi connectivity index (χ3n) is 2.29. The summed E-state index contributed by atoms with van der Waals surface area (Å²) in [5.74, 6) is 0.829. The zero-order valence-electron chi connectivity index (χ0n) is 8.72. The molecular formula is C13H8IrNOS-. The summed E-state index contributed by atoms with van der Waals surface area (Å²) in [6.45, 7) is 0. The molecule has 0 aliphatic rings. The van der Waals surface area contributed by atoms with E-state index in [9.17, 15) is 0 Å². The number of furan rings is 1. The quantitative estimate of drug-likeness (QED) is 0.591. The van der Waals surface area contributed by atoms with Crippen LogP contribution in [0, 0.1) is 6.07 Å². The topological polar surface area (TPSA) is 26.0 Å². The van der Waals surface area contributed by atoms with Crippen molar-refractivity contribution in [3.05, 3.63) is 54.2 Å². The maximum atomic E-state index is 5.49. The first-order chi connectivity index (χ1) is 7.95. The van der Waals surface area contributed by atoms with E-state index in [-0.39, 0.29) is 20.1 Å². The molecule has 4 heteroatoms. The van der Waals surface area contributed by atoms with Gasteiger partial charge in [-0.25, -0.2) is 0 Å². The number of hydrogen-bond donors (Lipinski definition) is 0. The van der Waals surface area contributed by atoms with Crippen molar-refractivity contribution >= 4 is 11.3 Å². The van der Waals surface area contributed by atoms with Gasteiger partial charge >= 0.3 is 0 Å². The van der Waals surface area contributed by atoms with Gasteiger partial charge in [0.25, 0.3) is 0 Å². The van der Waals surface area contributed by atoms with Gasteiger partial charge in [0.1, 0.15) is 0 Å². The van der Waals surface area contributed by atoms with Crippen molar-refractivity contribution in [2.45, 2.75) is 0 Å². The van der Waals surface area contributed by atoms with Crippen LogP contribution in [0.15, 0.2) is 52.6 Å². The Morgan fingerprint density at radius 3 is 2.71 bits per heavy atom. The van der Waals surface area contributed by atoms with Crippen LogP contribution < -0.4 is 0 Å². The molecular weight excluding hydrogens is 410 g/mol. The first kappa shape index (κ1) is 12.2. The van der Waals surface area contributed by atoms with Crippen LogP contribution in [0.25, 0.3) is 21.9 Å². The van der Waals surface area contributed by atoms with Crippen molar-refractivity contribution in [3.63, 3.8) is 0 Å². The molecule has 0 amide bonds. The molecule has 2 aromatic heterocycles. The molecule has 0 atom stereocenters. The molecule has 0 aliphatic heterocycles. The van der Waals surface area contributed by atoms with Gasteiger partial charge in [0, 0.05) is 43.3 Å². The van der Waals surface area contributed by atoms with E-state index in [2.05, 4.69) is 11.1 Å². The molecule has 0 fully saturated rings. The zero-order valence-corrected chi connectivity index (χ0v) is 11.9. The van der Waals surface area contributed by atoms with Crippen LogP contribution >= 0.6 is 11.3 Å². The van der Waals surface area contributed by atoms with Gasteiger partial charge in [-0.1, -0.05) is 30.3 Å². The maximum absolute atomic E-state index is 5.49. The van der Waals surface area contributed by atoms with Crippen molar-refractivity contribution in [1.82, 2.24) is 4.98 Å². The van der Waals surface area contributed by atoms with Crippen LogP contribution in [0.5, 0.6) is 0 Å². The van der Waals surface area contributed by atoms with Gasteiger partial charge in [0.2, 0.25) is 0 Å².